The summed E-state index contributed by atoms with van der Waals surface area (Å²) in [7, 11) is 0. The molecule has 0 aromatic carbocycles. The molecule has 1 unspecified atom stereocenters. The lowest BCUT2D eigenvalue weighted by atomic mass is 10.2. The number of hydrogen-bond donors (Lipinski definition) is 2. The maximum absolute atomic E-state index is 11.9. The largest absolute Gasteiger partial charge is 0.356 e. The van der Waals surface area contributed by atoms with Crippen molar-refractivity contribution >= 4 is 54.9 Å². The van der Waals surface area contributed by atoms with Crippen LogP contribution < -0.4 is 10.6 Å². The Morgan fingerprint density at radius 2 is 1.80 bits per heavy atom. The molecule has 2 aliphatic heterocycles. The van der Waals surface area contributed by atoms with E-state index in [-0.39, 0.29) is 43.1 Å². The smallest absolute Gasteiger partial charge is 0.221 e. The van der Waals surface area contributed by atoms with Crippen LogP contribution in [0.15, 0.2) is 0 Å². The standard InChI is InChI=1S/C16H32N4OS.3ClH/c1-2-19-8-10-20(11-9-19)7-4-3-5-18-16(21)13-15-14-22-12-6-17-15;;;/h15,17H,2-14H2,1H3,(H,18,21);3*1H. The highest BCUT2D eigenvalue weighted by atomic mass is 35.5. The van der Waals surface area contributed by atoms with E-state index in [1.165, 1.54) is 51.4 Å². The maximum Gasteiger partial charge on any atom is 0.221 e. The summed E-state index contributed by atoms with van der Waals surface area (Å²) in [5.74, 6) is 2.44. The van der Waals surface area contributed by atoms with E-state index in [9.17, 15) is 4.79 Å². The average molecular weight is 438 g/mol. The predicted octanol–water partition coefficient (Wildman–Crippen LogP) is 1.88. The van der Waals surface area contributed by atoms with E-state index in [0.29, 0.717) is 12.5 Å². The van der Waals surface area contributed by atoms with Gasteiger partial charge in [-0.15, -0.1) is 37.2 Å². The zero-order valence-electron chi connectivity index (χ0n) is 15.2. The van der Waals surface area contributed by atoms with Gasteiger partial charge >= 0.3 is 0 Å². The van der Waals surface area contributed by atoms with Gasteiger partial charge in [0, 0.05) is 63.2 Å². The van der Waals surface area contributed by atoms with Crippen LogP contribution in [-0.2, 0) is 4.79 Å². The number of likely N-dealkylation sites (N-methyl/N-ethyl adjacent to an activating group) is 1. The quantitative estimate of drug-likeness (QED) is 0.568. The molecule has 2 N–H and O–H groups in total. The Labute approximate surface area is 176 Å². The van der Waals surface area contributed by atoms with Crippen LogP contribution in [0.2, 0.25) is 0 Å². The first-order chi connectivity index (χ1) is 10.8. The molecule has 0 aromatic heterocycles. The van der Waals surface area contributed by atoms with Gasteiger partial charge in [0.15, 0.2) is 0 Å². The first-order valence-electron chi connectivity index (χ1n) is 8.80. The van der Waals surface area contributed by atoms with Crippen molar-refractivity contribution in [2.45, 2.75) is 32.2 Å². The van der Waals surface area contributed by atoms with Crippen molar-refractivity contribution in [1.82, 2.24) is 20.4 Å². The molecule has 2 fully saturated rings. The van der Waals surface area contributed by atoms with Gasteiger partial charge in [-0.2, -0.15) is 11.8 Å². The summed E-state index contributed by atoms with van der Waals surface area (Å²) in [5.41, 5.74) is 0. The lowest BCUT2D eigenvalue weighted by Gasteiger charge is -2.33. The van der Waals surface area contributed by atoms with Gasteiger partial charge < -0.3 is 20.4 Å². The molecule has 2 rings (SSSR count). The van der Waals surface area contributed by atoms with E-state index in [1.807, 2.05) is 11.8 Å². The summed E-state index contributed by atoms with van der Waals surface area (Å²) in [6, 6.07) is 0.369. The third-order valence-corrected chi connectivity index (χ3v) is 5.70. The Kier molecular flexibility index (Phi) is 18.6. The monoisotopic (exact) mass is 436 g/mol. The summed E-state index contributed by atoms with van der Waals surface area (Å²) < 4.78 is 0. The van der Waals surface area contributed by atoms with E-state index in [0.717, 1.165) is 25.3 Å². The van der Waals surface area contributed by atoms with Crippen molar-refractivity contribution in [2.75, 3.05) is 63.9 Å². The van der Waals surface area contributed by atoms with E-state index in [4.69, 9.17) is 0 Å². The molecule has 152 valence electrons. The second-order valence-corrected chi connectivity index (χ2v) is 7.41. The molecule has 9 heteroatoms. The second-order valence-electron chi connectivity index (χ2n) is 6.26. The van der Waals surface area contributed by atoms with E-state index < -0.39 is 0 Å². The number of thioether (sulfide) groups is 1. The van der Waals surface area contributed by atoms with Crippen molar-refractivity contribution in [3.8, 4) is 0 Å². The van der Waals surface area contributed by atoms with Gasteiger partial charge in [-0.3, -0.25) is 4.79 Å². The van der Waals surface area contributed by atoms with Crippen LogP contribution in [0.1, 0.15) is 26.2 Å². The molecule has 2 heterocycles. The van der Waals surface area contributed by atoms with E-state index in [1.54, 1.807) is 0 Å². The number of carbonyl (C=O) groups excluding carboxylic acids is 1. The fraction of sp³-hybridized carbons (Fsp3) is 0.938. The number of nitrogens with one attached hydrogen (secondary N) is 2. The SMILES string of the molecule is CCN1CCN(CCCCNC(=O)CC2CSCCN2)CC1.Cl.Cl.Cl. The normalized spacial score (nSPS) is 21.4. The molecule has 0 aliphatic carbocycles. The van der Waals surface area contributed by atoms with Crippen LogP contribution in [0.5, 0.6) is 0 Å². The molecular formula is C16H35Cl3N4OS. The van der Waals surface area contributed by atoms with Gasteiger partial charge in [0.1, 0.15) is 0 Å². The minimum absolute atomic E-state index is 0. The Morgan fingerprint density at radius 1 is 1.12 bits per heavy atom. The summed E-state index contributed by atoms with van der Waals surface area (Å²) in [4.78, 5) is 16.9. The van der Waals surface area contributed by atoms with Gasteiger partial charge in [0.2, 0.25) is 5.91 Å². The first kappa shape index (κ1) is 27.8. The molecule has 25 heavy (non-hydrogen) atoms. The van der Waals surface area contributed by atoms with Crippen molar-refractivity contribution in [2.24, 2.45) is 0 Å². The van der Waals surface area contributed by atoms with Crippen LogP contribution in [0.3, 0.4) is 0 Å². The molecular weight excluding hydrogens is 403 g/mol. The highest BCUT2D eigenvalue weighted by molar-refractivity contribution is 7.99. The van der Waals surface area contributed by atoms with Crippen molar-refractivity contribution in [1.29, 1.82) is 0 Å². The number of carbonyl (C=O) groups is 1. The van der Waals surface area contributed by atoms with E-state index >= 15 is 0 Å². The summed E-state index contributed by atoms with van der Waals surface area (Å²) in [5, 5.41) is 6.48. The maximum atomic E-state index is 11.9. The molecule has 5 nitrogen and oxygen atoms in total. The van der Waals surface area contributed by atoms with Crippen molar-refractivity contribution < 1.29 is 4.79 Å². The van der Waals surface area contributed by atoms with Crippen LogP contribution in [0, 0.1) is 0 Å². The predicted molar refractivity (Wildman–Crippen MR) is 116 cm³/mol. The van der Waals surface area contributed by atoms with Crippen molar-refractivity contribution in [3.63, 3.8) is 0 Å². The zero-order chi connectivity index (χ0) is 15.6. The topological polar surface area (TPSA) is 47.6 Å². The molecule has 0 bridgehead atoms. The van der Waals surface area contributed by atoms with Crippen LogP contribution in [0.4, 0.5) is 0 Å². The lowest BCUT2D eigenvalue weighted by Crippen LogP contribution is -2.46. The molecule has 0 spiro atoms. The fourth-order valence-electron chi connectivity index (χ4n) is 3.06. The van der Waals surface area contributed by atoms with Gasteiger partial charge in [0.05, 0.1) is 0 Å². The number of amides is 1. The number of nitrogens with zero attached hydrogens (tertiary/aromatic N) is 2. The molecule has 0 saturated carbocycles. The van der Waals surface area contributed by atoms with Gasteiger partial charge in [-0.1, -0.05) is 6.92 Å². The number of halogens is 3. The molecule has 1 amide bonds. The summed E-state index contributed by atoms with van der Waals surface area (Å²) in [6.07, 6.45) is 2.91. The third-order valence-electron chi connectivity index (χ3n) is 4.57. The minimum atomic E-state index is 0. The Morgan fingerprint density at radius 3 is 2.40 bits per heavy atom. The Hall–Kier alpha value is 0.570. The van der Waals surface area contributed by atoms with Crippen molar-refractivity contribution in [3.05, 3.63) is 0 Å². The second kappa shape index (κ2) is 16.7. The van der Waals surface area contributed by atoms with Crippen LogP contribution in [-0.4, -0.2) is 85.6 Å². The van der Waals surface area contributed by atoms with E-state index in [2.05, 4.69) is 27.4 Å². The molecule has 2 saturated heterocycles. The Balaban J connectivity index is 0. The Bertz CT molecular complexity index is 329. The highest BCUT2D eigenvalue weighted by Crippen LogP contribution is 2.10. The first-order valence-corrected chi connectivity index (χ1v) is 9.96. The number of hydrogen-bond acceptors (Lipinski definition) is 5. The summed E-state index contributed by atoms with van der Waals surface area (Å²) >= 11 is 1.94. The minimum Gasteiger partial charge on any atom is -0.356 e. The molecule has 0 radical (unpaired) electrons. The summed E-state index contributed by atoms with van der Waals surface area (Å²) in [6.45, 7) is 11.3. The molecule has 2 aliphatic rings. The molecule has 0 aromatic rings. The zero-order valence-corrected chi connectivity index (χ0v) is 18.5. The molecule has 1 atom stereocenters. The van der Waals surface area contributed by atoms with Gasteiger partial charge in [0.25, 0.3) is 0 Å². The van der Waals surface area contributed by atoms with Crippen LogP contribution >= 0.6 is 49.0 Å². The number of rotatable bonds is 8. The fourth-order valence-corrected chi connectivity index (χ4v) is 4.01. The average Bonchev–Trinajstić information content (AvgIpc) is 2.56. The van der Waals surface area contributed by atoms with Gasteiger partial charge in [-0.25, -0.2) is 0 Å². The highest BCUT2D eigenvalue weighted by Gasteiger charge is 2.16. The third kappa shape index (κ3) is 11.8. The number of piperazine rings is 1. The van der Waals surface area contributed by atoms with Gasteiger partial charge in [-0.05, 0) is 25.9 Å². The number of unbranched alkanes of at least 4 members (excludes halogenated alkanes) is 1. The lowest BCUT2D eigenvalue weighted by molar-refractivity contribution is -0.121. The van der Waals surface area contributed by atoms with Crippen LogP contribution in [0.25, 0.3) is 0 Å².